The summed E-state index contributed by atoms with van der Waals surface area (Å²) in [5.74, 6) is 0.319. The average molecular weight is 491 g/mol. The van der Waals surface area contributed by atoms with Crippen LogP contribution in [0.4, 0.5) is 4.79 Å². The third-order valence-corrected chi connectivity index (χ3v) is 6.16. The van der Waals surface area contributed by atoms with Gasteiger partial charge in [-0.25, -0.2) is 9.59 Å². The van der Waals surface area contributed by atoms with Crippen LogP contribution < -0.4 is 9.47 Å². The molecule has 0 N–H and O–H groups in total. The second-order valence-corrected chi connectivity index (χ2v) is 9.75. The third kappa shape index (κ3) is 4.71. The molecular weight excluding hydrogens is 460 g/mol. The smallest absolute Gasteiger partial charge is 0.423 e. The van der Waals surface area contributed by atoms with E-state index >= 15 is 0 Å². The van der Waals surface area contributed by atoms with Gasteiger partial charge in [0.2, 0.25) is 5.91 Å². The van der Waals surface area contributed by atoms with Crippen molar-refractivity contribution < 1.29 is 28.6 Å². The number of likely N-dealkylation sites (tertiary alicyclic amines) is 1. The maximum Gasteiger partial charge on any atom is 0.423 e. The van der Waals surface area contributed by atoms with E-state index in [-0.39, 0.29) is 5.91 Å². The van der Waals surface area contributed by atoms with E-state index in [9.17, 15) is 14.4 Å². The number of para-hydroxylation sites is 1. The summed E-state index contributed by atoms with van der Waals surface area (Å²) < 4.78 is 16.3. The second-order valence-electron chi connectivity index (χ2n) is 9.75. The molecule has 0 radical (unpaired) electrons. The van der Waals surface area contributed by atoms with Crippen molar-refractivity contribution in [3.63, 3.8) is 0 Å². The monoisotopic (exact) mass is 490 g/mol. The van der Waals surface area contributed by atoms with Gasteiger partial charge in [0.25, 0.3) is 0 Å². The number of amides is 2. The van der Waals surface area contributed by atoms with E-state index in [1.807, 2.05) is 37.3 Å². The van der Waals surface area contributed by atoms with E-state index in [1.54, 1.807) is 64.3 Å². The first-order chi connectivity index (χ1) is 17.1. The number of methoxy groups -OCH3 is 1. The van der Waals surface area contributed by atoms with E-state index in [1.165, 1.54) is 22.2 Å². The van der Waals surface area contributed by atoms with Crippen molar-refractivity contribution in [2.75, 3.05) is 7.11 Å². The number of esters is 1. The van der Waals surface area contributed by atoms with Gasteiger partial charge in [-0.15, -0.1) is 0 Å². The fourth-order valence-corrected chi connectivity index (χ4v) is 4.33. The summed E-state index contributed by atoms with van der Waals surface area (Å²) in [5, 5.41) is 0. The van der Waals surface area contributed by atoms with Gasteiger partial charge in [0.05, 0.1) is 13.2 Å². The number of ether oxygens (including phenoxy) is 3. The summed E-state index contributed by atoms with van der Waals surface area (Å²) in [4.78, 5) is 42.3. The lowest BCUT2D eigenvalue weighted by Gasteiger charge is -2.55. The molecule has 2 aromatic rings. The van der Waals surface area contributed by atoms with Crippen LogP contribution in [0.1, 0.15) is 39.3 Å². The highest BCUT2D eigenvalue weighted by molar-refractivity contribution is 6.04. The van der Waals surface area contributed by atoms with E-state index in [4.69, 9.17) is 14.2 Å². The molecule has 1 saturated heterocycles. The molecule has 36 heavy (non-hydrogen) atoms. The summed E-state index contributed by atoms with van der Waals surface area (Å²) in [5.41, 5.74) is -1.14. The van der Waals surface area contributed by atoms with Gasteiger partial charge < -0.3 is 19.1 Å². The van der Waals surface area contributed by atoms with Gasteiger partial charge in [0.15, 0.2) is 6.04 Å². The molecule has 4 rings (SSSR count). The van der Waals surface area contributed by atoms with Crippen LogP contribution in [0.15, 0.2) is 79.1 Å². The molecule has 8 heteroatoms. The summed E-state index contributed by atoms with van der Waals surface area (Å²) in [6.45, 7) is 7.21. The van der Waals surface area contributed by atoms with Gasteiger partial charge in [-0.05, 0) is 69.7 Å². The predicted octanol–water partition coefficient (Wildman–Crippen LogP) is 4.84. The normalized spacial score (nSPS) is 19.0. The van der Waals surface area contributed by atoms with Crippen LogP contribution in [0.2, 0.25) is 0 Å². The number of hydrogen-bond acceptors (Lipinski definition) is 6. The SMILES string of the molecule is COc1ccc([C@H](C)N2C(=O)C3(C=CN(C(=O)Oc4ccccc4)C=C3)[C@@H]2C(=O)OC(C)(C)C)cc1. The Hall–Kier alpha value is -4.07. The van der Waals surface area contributed by atoms with E-state index in [0.29, 0.717) is 11.5 Å². The van der Waals surface area contributed by atoms with Crippen LogP contribution in [0.25, 0.3) is 0 Å². The van der Waals surface area contributed by atoms with Crippen LogP contribution in [-0.2, 0) is 14.3 Å². The Labute approximate surface area is 210 Å². The second kappa shape index (κ2) is 9.53. The van der Waals surface area contributed by atoms with Crippen molar-refractivity contribution in [1.82, 2.24) is 9.80 Å². The number of hydrogen-bond donors (Lipinski definition) is 0. The minimum Gasteiger partial charge on any atom is -0.497 e. The molecule has 1 fully saturated rings. The first kappa shape index (κ1) is 25.0. The zero-order valence-electron chi connectivity index (χ0n) is 21.0. The van der Waals surface area contributed by atoms with E-state index < -0.39 is 35.2 Å². The van der Waals surface area contributed by atoms with Crippen LogP contribution >= 0.6 is 0 Å². The molecule has 0 aliphatic carbocycles. The topological polar surface area (TPSA) is 85.4 Å². The number of nitrogens with zero attached hydrogens (tertiary/aromatic N) is 2. The van der Waals surface area contributed by atoms with Crippen molar-refractivity contribution in [2.45, 2.75) is 45.4 Å². The first-order valence-corrected chi connectivity index (χ1v) is 11.7. The lowest BCUT2D eigenvalue weighted by Crippen LogP contribution is -2.71. The maximum absolute atomic E-state index is 13.6. The molecule has 8 nitrogen and oxygen atoms in total. The van der Waals surface area contributed by atoms with Crippen LogP contribution in [0.3, 0.4) is 0 Å². The fraction of sp³-hybridized carbons (Fsp3) is 0.321. The molecule has 1 spiro atoms. The number of rotatable bonds is 5. The molecule has 2 aliphatic heterocycles. The summed E-state index contributed by atoms with van der Waals surface area (Å²) in [7, 11) is 1.58. The van der Waals surface area contributed by atoms with Crippen molar-refractivity contribution in [3.05, 3.63) is 84.7 Å². The summed E-state index contributed by atoms with van der Waals surface area (Å²) in [6.07, 6.45) is 5.40. The van der Waals surface area contributed by atoms with Crippen molar-refractivity contribution in [3.8, 4) is 11.5 Å². The zero-order valence-corrected chi connectivity index (χ0v) is 21.0. The van der Waals surface area contributed by atoms with Crippen LogP contribution in [-0.4, -0.2) is 46.5 Å². The standard InChI is InChI=1S/C28H30N2O6/c1-19(20-11-13-21(34-5)14-12-20)30-23(24(31)36-27(2,3)4)28(25(30)32)15-17-29(18-16-28)26(33)35-22-9-7-6-8-10-22/h6-19,23H,1-5H3/t19-,23-/m0/s1. The van der Waals surface area contributed by atoms with Gasteiger partial charge in [-0.3, -0.25) is 9.69 Å². The maximum atomic E-state index is 13.6. The number of β-lactam (4-membered cyclic amide) rings is 1. The molecular formula is C28H30N2O6. The third-order valence-electron chi connectivity index (χ3n) is 6.16. The molecule has 2 amide bonds. The molecule has 2 aromatic carbocycles. The Morgan fingerprint density at radius 1 is 0.944 bits per heavy atom. The van der Waals surface area contributed by atoms with Gasteiger partial charge in [0, 0.05) is 12.4 Å². The highest BCUT2D eigenvalue weighted by atomic mass is 16.6. The lowest BCUT2D eigenvalue weighted by atomic mass is 9.68. The Balaban J connectivity index is 1.59. The van der Waals surface area contributed by atoms with Gasteiger partial charge >= 0.3 is 12.1 Å². The van der Waals surface area contributed by atoms with Crippen molar-refractivity contribution in [2.24, 2.45) is 5.41 Å². The number of carbonyl (C=O) groups is 3. The van der Waals surface area contributed by atoms with Crippen LogP contribution in [0, 0.1) is 5.41 Å². The van der Waals surface area contributed by atoms with Crippen LogP contribution in [0.5, 0.6) is 11.5 Å². The van der Waals surface area contributed by atoms with E-state index in [2.05, 4.69) is 0 Å². The Morgan fingerprint density at radius 3 is 2.11 bits per heavy atom. The molecule has 0 unspecified atom stereocenters. The minimum absolute atomic E-state index is 0.259. The zero-order chi connectivity index (χ0) is 26.1. The molecule has 0 aromatic heterocycles. The van der Waals surface area contributed by atoms with Gasteiger partial charge in [0.1, 0.15) is 22.5 Å². The predicted molar refractivity (Wildman–Crippen MR) is 133 cm³/mol. The Kier molecular flexibility index (Phi) is 6.63. The van der Waals surface area contributed by atoms with Crippen molar-refractivity contribution in [1.29, 1.82) is 0 Å². The van der Waals surface area contributed by atoms with E-state index in [0.717, 1.165) is 5.56 Å². The number of carbonyl (C=O) groups excluding carboxylic acids is 3. The minimum atomic E-state index is -1.26. The van der Waals surface area contributed by atoms with Crippen molar-refractivity contribution >= 4 is 18.0 Å². The molecule has 188 valence electrons. The quantitative estimate of drug-likeness (QED) is 0.441. The fourth-order valence-electron chi connectivity index (χ4n) is 4.33. The molecule has 0 saturated carbocycles. The largest absolute Gasteiger partial charge is 0.497 e. The molecule has 2 aliphatic rings. The highest BCUT2D eigenvalue weighted by Gasteiger charge is 2.64. The molecule has 0 bridgehead atoms. The van der Waals surface area contributed by atoms with Gasteiger partial charge in [-0.1, -0.05) is 30.3 Å². The highest BCUT2D eigenvalue weighted by Crippen LogP contribution is 2.49. The average Bonchev–Trinajstić information content (AvgIpc) is 2.86. The first-order valence-electron chi connectivity index (χ1n) is 11.7. The number of benzene rings is 2. The Bertz CT molecular complexity index is 1180. The van der Waals surface area contributed by atoms with Gasteiger partial charge in [-0.2, -0.15) is 0 Å². The molecule has 2 heterocycles. The molecule has 2 atom stereocenters. The Morgan fingerprint density at radius 2 is 1.56 bits per heavy atom. The summed E-state index contributed by atoms with van der Waals surface area (Å²) >= 11 is 0. The lowest BCUT2D eigenvalue weighted by molar-refractivity contribution is -0.188. The summed E-state index contributed by atoms with van der Waals surface area (Å²) in [6, 6.07) is 14.7.